The average Bonchev–Trinajstić information content (AvgIpc) is 3.41. The molecule has 2 aromatic carbocycles. The van der Waals surface area contributed by atoms with Gasteiger partial charge in [0.2, 0.25) is 0 Å². The minimum absolute atomic E-state index is 0.206. The van der Waals surface area contributed by atoms with Crippen LogP contribution in [0.4, 0.5) is 0 Å². The Balaban J connectivity index is 1.36. The average molecular weight is 503 g/mol. The van der Waals surface area contributed by atoms with Gasteiger partial charge in [-0.2, -0.15) is 0 Å². The van der Waals surface area contributed by atoms with Gasteiger partial charge in [-0.3, -0.25) is 9.59 Å². The first kappa shape index (κ1) is 24.4. The van der Waals surface area contributed by atoms with Gasteiger partial charge in [0.05, 0.1) is 35.7 Å². The standard InChI is InChI=1S/C24H24Cl2N4O4/c25-13-1-3-17-11(5-13)7-19(29-17)23(33)15(27)9-21(31)22(32)10-16(28)24(34)20-8-12-6-14(26)2-4-18(12)30-20/h1-8,15-16,21-22,29-32H,9-10,27-28H2. The number of Topliss-reactive ketones (excluding diaryl/α,β-unsaturated/α-hetero) is 2. The molecule has 0 spiro atoms. The summed E-state index contributed by atoms with van der Waals surface area (Å²) in [5, 5.41) is 23.4. The number of hydrogen-bond donors (Lipinski definition) is 6. The number of carbonyl (C=O) groups excluding carboxylic acids is 2. The summed E-state index contributed by atoms with van der Waals surface area (Å²) in [6, 6.07) is 11.5. The van der Waals surface area contributed by atoms with Crippen molar-refractivity contribution >= 4 is 56.6 Å². The molecule has 8 N–H and O–H groups in total. The monoisotopic (exact) mass is 502 g/mol. The van der Waals surface area contributed by atoms with Gasteiger partial charge in [0.15, 0.2) is 11.6 Å². The third kappa shape index (κ3) is 5.17. The summed E-state index contributed by atoms with van der Waals surface area (Å²) in [5.74, 6) is -0.841. The molecule has 2 heterocycles. The highest BCUT2D eigenvalue weighted by Crippen LogP contribution is 2.23. The summed E-state index contributed by atoms with van der Waals surface area (Å²) in [4.78, 5) is 31.4. The highest BCUT2D eigenvalue weighted by Gasteiger charge is 2.28. The van der Waals surface area contributed by atoms with Gasteiger partial charge >= 0.3 is 0 Å². The molecule has 4 unspecified atom stereocenters. The minimum Gasteiger partial charge on any atom is -0.390 e. The Labute approximate surface area is 204 Å². The Kier molecular flexibility index (Phi) is 7.09. The van der Waals surface area contributed by atoms with Crippen molar-refractivity contribution in [2.45, 2.75) is 37.1 Å². The molecule has 0 aliphatic rings. The van der Waals surface area contributed by atoms with Gasteiger partial charge < -0.3 is 31.6 Å². The summed E-state index contributed by atoms with van der Waals surface area (Å²) in [5.41, 5.74) is 14.0. The molecule has 4 aromatic rings. The number of halogens is 2. The lowest BCUT2D eigenvalue weighted by Crippen LogP contribution is -2.42. The highest BCUT2D eigenvalue weighted by atomic mass is 35.5. The van der Waals surface area contributed by atoms with Crippen LogP contribution in [0.2, 0.25) is 10.0 Å². The maximum atomic E-state index is 12.7. The number of benzene rings is 2. The molecule has 0 fully saturated rings. The minimum atomic E-state index is -1.35. The van der Waals surface area contributed by atoms with E-state index in [4.69, 9.17) is 34.7 Å². The number of rotatable bonds is 9. The molecule has 0 radical (unpaired) electrons. The van der Waals surface area contributed by atoms with Crippen LogP contribution in [0.5, 0.6) is 0 Å². The number of aromatic nitrogens is 2. The molecule has 4 rings (SSSR count). The lowest BCUT2D eigenvalue weighted by molar-refractivity contribution is 0.00382. The van der Waals surface area contributed by atoms with Crippen LogP contribution in [0.3, 0.4) is 0 Å². The van der Waals surface area contributed by atoms with Gasteiger partial charge in [0.25, 0.3) is 0 Å². The van der Waals surface area contributed by atoms with E-state index in [1.807, 2.05) is 0 Å². The number of H-pyrrole nitrogens is 2. The Morgan fingerprint density at radius 2 is 1.12 bits per heavy atom. The number of nitrogens with one attached hydrogen (secondary N) is 2. The zero-order valence-electron chi connectivity index (χ0n) is 18.0. The Morgan fingerprint density at radius 3 is 1.50 bits per heavy atom. The van der Waals surface area contributed by atoms with Crippen LogP contribution in [-0.2, 0) is 0 Å². The lowest BCUT2D eigenvalue weighted by atomic mass is 9.95. The van der Waals surface area contributed by atoms with E-state index in [2.05, 4.69) is 9.97 Å². The predicted molar refractivity (Wildman–Crippen MR) is 132 cm³/mol. The molecule has 8 nitrogen and oxygen atoms in total. The number of ketones is 2. The number of fused-ring (bicyclic) bond motifs is 2. The maximum absolute atomic E-state index is 12.7. The van der Waals surface area contributed by atoms with Gasteiger partial charge in [0, 0.05) is 31.9 Å². The summed E-state index contributed by atoms with van der Waals surface area (Å²) < 4.78 is 0. The fourth-order valence-corrected chi connectivity index (χ4v) is 4.28. The van der Waals surface area contributed by atoms with E-state index in [-0.39, 0.29) is 24.2 Å². The van der Waals surface area contributed by atoms with Crippen molar-refractivity contribution in [1.82, 2.24) is 9.97 Å². The zero-order chi connectivity index (χ0) is 24.6. The van der Waals surface area contributed by atoms with Crippen LogP contribution in [0.1, 0.15) is 33.8 Å². The second-order valence-corrected chi connectivity index (χ2v) is 9.25. The van der Waals surface area contributed by atoms with Gasteiger partial charge in [-0.1, -0.05) is 23.2 Å². The molecule has 10 heteroatoms. The molecule has 34 heavy (non-hydrogen) atoms. The van der Waals surface area contributed by atoms with E-state index >= 15 is 0 Å². The van der Waals surface area contributed by atoms with Crippen molar-refractivity contribution in [3.63, 3.8) is 0 Å². The van der Waals surface area contributed by atoms with Crippen LogP contribution >= 0.6 is 23.2 Å². The van der Waals surface area contributed by atoms with Gasteiger partial charge in [-0.25, -0.2) is 0 Å². The molecular formula is C24H24Cl2N4O4. The number of nitrogens with two attached hydrogens (primary N) is 2. The van der Waals surface area contributed by atoms with Crippen LogP contribution in [-0.4, -0.2) is 56.0 Å². The molecule has 4 atom stereocenters. The molecule has 2 aromatic heterocycles. The first-order valence-electron chi connectivity index (χ1n) is 10.6. The smallest absolute Gasteiger partial charge is 0.195 e. The third-order valence-corrected chi connectivity index (χ3v) is 6.28. The van der Waals surface area contributed by atoms with Gasteiger partial charge in [0.1, 0.15) is 0 Å². The van der Waals surface area contributed by atoms with Crippen molar-refractivity contribution in [2.24, 2.45) is 11.5 Å². The largest absolute Gasteiger partial charge is 0.390 e. The first-order chi connectivity index (χ1) is 16.1. The molecule has 178 valence electrons. The second kappa shape index (κ2) is 9.87. The van der Waals surface area contributed by atoms with Gasteiger partial charge in [-0.15, -0.1) is 0 Å². The third-order valence-electron chi connectivity index (χ3n) is 5.81. The van der Waals surface area contributed by atoms with E-state index in [0.29, 0.717) is 10.0 Å². The van der Waals surface area contributed by atoms with Crippen LogP contribution in [0.15, 0.2) is 48.5 Å². The Morgan fingerprint density at radius 1 is 0.735 bits per heavy atom. The number of hydrogen-bond acceptors (Lipinski definition) is 6. The summed E-state index contributed by atoms with van der Waals surface area (Å²) in [7, 11) is 0. The second-order valence-electron chi connectivity index (χ2n) is 8.38. The maximum Gasteiger partial charge on any atom is 0.195 e. The van der Waals surface area contributed by atoms with Crippen LogP contribution < -0.4 is 11.5 Å². The van der Waals surface area contributed by atoms with E-state index in [9.17, 15) is 19.8 Å². The van der Waals surface area contributed by atoms with Crippen molar-refractivity contribution in [3.8, 4) is 0 Å². The molecule has 0 bridgehead atoms. The lowest BCUT2D eigenvalue weighted by Gasteiger charge is -2.22. The quantitative estimate of drug-likeness (QED) is 0.193. The van der Waals surface area contributed by atoms with Crippen LogP contribution in [0.25, 0.3) is 21.8 Å². The number of aliphatic hydroxyl groups excluding tert-OH is 2. The molecule has 0 aliphatic heterocycles. The summed E-state index contributed by atoms with van der Waals surface area (Å²) in [6.07, 6.45) is -3.11. The normalized spacial score (nSPS) is 15.4. The van der Waals surface area contributed by atoms with E-state index in [0.717, 1.165) is 21.8 Å². The highest BCUT2D eigenvalue weighted by molar-refractivity contribution is 6.31. The summed E-state index contributed by atoms with van der Waals surface area (Å²) >= 11 is 12.0. The summed E-state index contributed by atoms with van der Waals surface area (Å²) in [6.45, 7) is 0. The molecule has 0 amide bonds. The van der Waals surface area contributed by atoms with E-state index < -0.39 is 35.9 Å². The van der Waals surface area contributed by atoms with E-state index in [1.165, 1.54) is 0 Å². The van der Waals surface area contributed by atoms with Gasteiger partial charge in [-0.05, 0) is 61.4 Å². The number of carbonyl (C=O) groups is 2. The van der Waals surface area contributed by atoms with Crippen molar-refractivity contribution in [1.29, 1.82) is 0 Å². The van der Waals surface area contributed by atoms with E-state index in [1.54, 1.807) is 48.5 Å². The molecular weight excluding hydrogens is 479 g/mol. The van der Waals surface area contributed by atoms with Crippen LogP contribution in [0, 0.1) is 0 Å². The van der Waals surface area contributed by atoms with Crippen molar-refractivity contribution in [3.05, 3.63) is 70.0 Å². The fraction of sp³-hybridized carbons (Fsp3) is 0.250. The topological polar surface area (TPSA) is 158 Å². The molecule has 0 aliphatic carbocycles. The van der Waals surface area contributed by atoms with Crippen molar-refractivity contribution < 1.29 is 19.8 Å². The number of aliphatic hydroxyl groups is 2. The Bertz CT molecular complexity index is 1260. The number of aromatic amines is 2. The Hall–Kier alpha value is -2.72. The first-order valence-corrected chi connectivity index (χ1v) is 11.4. The molecule has 0 saturated heterocycles. The van der Waals surface area contributed by atoms with Crippen molar-refractivity contribution in [2.75, 3.05) is 0 Å². The zero-order valence-corrected chi connectivity index (χ0v) is 19.5. The fourth-order valence-electron chi connectivity index (χ4n) is 3.92. The predicted octanol–water partition coefficient (Wildman–Crippen LogP) is 3.18. The SMILES string of the molecule is NC(CC(O)C(O)CC(N)C(=O)c1cc2cc(Cl)ccc2[nH]1)C(=O)c1cc2cc(Cl)ccc2[nH]1. The molecule has 0 saturated carbocycles.